The summed E-state index contributed by atoms with van der Waals surface area (Å²) in [5.41, 5.74) is 0.853. The largest absolute Gasteiger partial charge is 0.239 e. The molecular weight excluding hydrogens is 298 g/mol. The Balaban J connectivity index is 3.04. The molecule has 1 atom stereocenters. The van der Waals surface area contributed by atoms with Crippen molar-refractivity contribution in [1.82, 2.24) is 9.97 Å². The second-order valence-corrected chi connectivity index (χ2v) is 4.00. The predicted octanol–water partition coefficient (Wildman–Crippen LogP) is 2.55. The minimum Gasteiger partial charge on any atom is -0.239 e. The van der Waals surface area contributed by atoms with Crippen molar-refractivity contribution in [3.8, 4) is 6.07 Å². The highest BCUT2D eigenvalue weighted by Crippen LogP contribution is 2.17. The molecule has 0 aliphatic heterocycles. The summed E-state index contributed by atoms with van der Waals surface area (Å²) in [5, 5.41) is 9.33. The molecule has 0 radical (unpaired) electrons. The van der Waals surface area contributed by atoms with Crippen LogP contribution < -0.4 is 0 Å². The Morgan fingerprint density at radius 3 is 2.85 bits per heavy atom. The number of rotatable bonds is 2. The number of halogens is 2. The van der Waals surface area contributed by atoms with Crippen molar-refractivity contribution in [2.75, 3.05) is 5.33 Å². The van der Waals surface area contributed by atoms with Crippen LogP contribution >= 0.6 is 31.9 Å². The van der Waals surface area contributed by atoms with Gasteiger partial charge in [0, 0.05) is 11.5 Å². The van der Waals surface area contributed by atoms with E-state index in [2.05, 4.69) is 47.9 Å². The maximum Gasteiger partial charge on any atom is 0.146 e. The molecule has 1 aromatic rings. The Bertz CT molecular complexity index is 346. The van der Waals surface area contributed by atoms with Gasteiger partial charge in [0.05, 0.1) is 16.2 Å². The first-order valence-corrected chi connectivity index (χ1v) is 5.55. The summed E-state index contributed by atoms with van der Waals surface area (Å²) in [6, 6.07) is 2.13. The highest BCUT2D eigenvalue weighted by atomic mass is 79.9. The third-order valence-electron chi connectivity index (χ3n) is 1.56. The minimum atomic E-state index is -0.271. The normalized spacial score (nSPS) is 12.2. The highest BCUT2D eigenvalue weighted by molar-refractivity contribution is 9.10. The van der Waals surface area contributed by atoms with Gasteiger partial charge in [0.25, 0.3) is 0 Å². The zero-order chi connectivity index (χ0) is 9.84. The lowest BCUT2D eigenvalue weighted by molar-refractivity contribution is 0.849. The van der Waals surface area contributed by atoms with Gasteiger partial charge in [-0.15, -0.1) is 0 Å². The van der Waals surface area contributed by atoms with E-state index in [1.54, 1.807) is 6.20 Å². The van der Waals surface area contributed by atoms with Gasteiger partial charge in [0.2, 0.25) is 0 Å². The first-order chi connectivity index (χ1) is 6.19. The lowest BCUT2D eigenvalue weighted by atomic mass is 10.2. The molecule has 1 unspecified atom stereocenters. The molecule has 0 saturated carbocycles. The number of aryl methyl sites for hydroxylation is 1. The SMILES string of the molecule is Cc1nc(C(C#N)CBr)ncc1Br. The van der Waals surface area contributed by atoms with E-state index in [0.717, 1.165) is 10.2 Å². The van der Waals surface area contributed by atoms with Crippen LogP contribution in [0.25, 0.3) is 0 Å². The Morgan fingerprint density at radius 1 is 1.69 bits per heavy atom. The molecule has 0 N–H and O–H groups in total. The summed E-state index contributed by atoms with van der Waals surface area (Å²) in [7, 11) is 0. The molecule has 1 rings (SSSR count). The van der Waals surface area contributed by atoms with Crippen molar-refractivity contribution < 1.29 is 0 Å². The van der Waals surface area contributed by atoms with Crippen LogP contribution in [0.15, 0.2) is 10.7 Å². The molecule has 0 aromatic carbocycles. The lowest BCUT2D eigenvalue weighted by Gasteiger charge is -2.04. The van der Waals surface area contributed by atoms with E-state index in [0.29, 0.717) is 11.2 Å². The summed E-state index contributed by atoms with van der Waals surface area (Å²) in [6.45, 7) is 1.87. The Morgan fingerprint density at radius 2 is 2.38 bits per heavy atom. The van der Waals surface area contributed by atoms with E-state index in [1.165, 1.54) is 0 Å². The molecule has 0 aliphatic rings. The first kappa shape index (κ1) is 10.6. The van der Waals surface area contributed by atoms with Gasteiger partial charge in [-0.1, -0.05) is 15.9 Å². The van der Waals surface area contributed by atoms with Crippen LogP contribution in [-0.2, 0) is 0 Å². The molecule has 0 amide bonds. The van der Waals surface area contributed by atoms with Crippen LogP contribution in [0.2, 0.25) is 0 Å². The van der Waals surface area contributed by atoms with E-state index in [9.17, 15) is 0 Å². The maximum absolute atomic E-state index is 8.77. The van der Waals surface area contributed by atoms with Crippen LogP contribution in [0, 0.1) is 18.3 Å². The molecule has 68 valence electrons. The molecule has 0 fully saturated rings. The average Bonchev–Trinajstić information content (AvgIpc) is 2.13. The van der Waals surface area contributed by atoms with Crippen molar-refractivity contribution in [2.24, 2.45) is 0 Å². The molecule has 1 heterocycles. The van der Waals surface area contributed by atoms with Gasteiger partial charge >= 0.3 is 0 Å². The topological polar surface area (TPSA) is 49.6 Å². The van der Waals surface area contributed by atoms with Crippen molar-refractivity contribution in [3.63, 3.8) is 0 Å². The van der Waals surface area contributed by atoms with E-state index >= 15 is 0 Å². The fourth-order valence-corrected chi connectivity index (χ4v) is 1.42. The smallest absolute Gasteiger partial charge is 0.146 e. The molecule has 1 aromatic heterocycles. The molecule has 5 heteroatoms. The number of nitriles is 1. The molecule has 3 nitrogen and oxygen atoms in total. The fourth-order valence-electron chi connectivity index (χ4n) is 0.799. The molecule has 0 spiro atoms. The van der Waals surface area contributed by atoms with Crippen LogP contribution in [0.4, 0.5) is 0 Å². The highest BCUT2D eigenvalue weighted by Gasteiger charge is 2.12. The number of hydrogen-bond acceptors (Lipinski definition) is 3. The van der Waals surface area contributed by atoms with Crippen molar-refractivity contribution >= 4 is 31.9 Å². The number of nitrogens with zero attached hydrogens (tertiary/aromatic N) is 3. The van der Waals surface area contributed by atoms with Crippen LogP contribution in [-0.4, -0.2) is 15.3 Å². The zero-order valence-electron chi connectivity index (χ0n) is 6.96. The van der Waals surface area contributed by atoms with E-state index in [-0.39, 0.29) is 5.92 Å². The van der Waals surface area contributed by atoms with E-state index < -0.39 is 0 Å². The summed E-state index contributed by atoms with van der Waals surface area (Å²) in [4.78, 5) is 8.27. The molecule has 0 aliphatic carbocycles. The number of aromatic nitrogens is 2. The van der Waals surface area contributed by atoms with E-state index in [4.69, 9.17) is 5.26 Å². The molecule has 0 bridgehead atoms. The monoisotopic (exact) mass is 303 g/mol. The standard InChI is InChI=1S/C8H7Br2N3/c1-5-7(10)4-12-8(13-5)6(2-9)3-11/h4,6H,2H2,1H3. The number of hydrogen-bond donors (Lipinski definition) is 0. The van der Waals surface area contributed by atoms with Crippen molar-refractivity contribution in [3.05, 3.63) is 22.2 Å². The van der Waals surface area contributed by atoms with Gasteiger partial charge in [-0.05, 0) is 22.9 Å². The van der Waals surface area contributed by atoms with E-state index in [1.807, 2.05) is 6.92 Å². The number of alkyl halides is 1. The summed E-state index contributed by atoms with van der Waals surface area (Å²) < 4.78 is 0.863. The summed E-state index contributed by atoms with van der Waals surface area (Å²) in [6.07, 6.45) is 1.67. The van der Waals surface area contributed by atoms with Gasteiger partial charge in [-0.25, -0.2) is 9.97 Å². The van der Waals surface area contributed by atoms with Crippen LogP contribution in [0.3, 0.4) is 0 Å². The van der Waals surface area contributed by atoms with Crippen molar-refractivity contribution in [1.29, 1.82) is 5.26 Å². The second kappa shape index (κ2) is 4.68. The molecular formula is C8H7Br2N3. The summed E-state index contributed by atoms with van der Waals surface area (Å²) in [5.74, 6) is 0.298. The van der Waals surface area contributed by atoms with Gasteiger partial charge in [0.1, 0.15) is 11.7 Å². The Labute approximate surface area is 93.5 Å². The lowest BCUT2D eigenvalue weighted by Crippen LogP contribution is -2.04. The Kier molecular flexibility index (Phi) is 3.82. The fraction of sp³-hybridized carbons (Fsp3) is 0.375. The zero-order valence-corrected chi connectivity index (χ0v) is 10.1. The maximum atomic E-state index is 8.77. The minimum absolute atomic E-state index is 0.271. The van der Waals surface area contributed by atoms with Gasteiger partial charge in [0.15, 0.2) is 0 Å². The Hall–Kier alpha value is -0.470. The quantitative estimate of drug-likeness (QED) is 0.789. The average molecular weight is 305 g/mol. The summed E-state index contributed by atoms with van der Waals surface area (Å²) >= 11 is 6.54. The third-order valence-corrected chi connectivity index (χ3v) is 2.99. The van der Waals surface area contributed by atoms with Crippen LogP contribution in [0.5, 0.6) is 0 Å². The molecule has 13 heavy (non-hydrogen) atoms. The van der Waals surface area contributed by atoms with Gasteiger partial charge in [-0.3, -0.25) is 0 Å². The molecule has 0 saturated heterocycles. The van der Waals surface area contributed by atoms with Crippen molar-refractivity contribution in [2.45, 2.75) is 12.8 Å². The van der Waals surface area contributed by atoms with Crippen LogP contribution in [0.1, 0.15) is 17.4 Å². The third kappa shape index (κ3) is 2.48. The van der Waals surface area contributed by atoms with Gasteiger partial charge < -0.3 is 0 Å². The first-order valence-electron chi connectivity index (χ1n) is 3.63. The van der Waals surface area contributed by atoms with Gasteiger partial charge in [-0.2, -0.15) is 5.26 Å². The predicted molar refractivity (Wildman–Crippen MR) is 56.6 cm³/mol. The second-order valence-electron chi connectivity index (χ2n) is 2.50.